The number of nitrogens with zero attached hydrogens (tertiary/aromatic N) is 1. The van der Waals surface area contributed by atoms with E-state index in [2.05, 4.69) is 45.0 Å². The third-order valence-corrected chi connectivity index (χ3v) is 4.75. The summed E-state index contributed by atoms with van der Waals surface area (Å²) >= 11 is 0. The maximum atomic E-state index is 10.7. The van der Waals surface area contributed by atoms with E-state index in [4.69, 9.17) is 4.42 Å². The van der Waals surface area contributed by atoms with Crippen LogP contribution in [-0.2, 0) is 12.0 Å². The molecule has 0 fully saturated rings. The number of aryl methyl sites for hydroxylation is 2. The van der Waals surface area contributed by atoms with Crippen LogP contribution < -0.4 is 10.6 Å². The zero-order chi connectivity index (χ0) is 20.0. The highest BCUT2D eigenvalue weighted by Gasteiger charge is 2.26. The van der Waals surface area contributed by atoms with E-state index in [1.54, 1.807) is 13.0 Å². The van der Waals surface area contributed by atoms with Gasteiger partial charge in [-0.2, -0.15) is 0 Å². The summed E-state index contributed by atoms with van der Waals surface area (Å²) in [4.78, 5) is 7.85. The highest BCUT2D eigenvalue weighted by Crippen LogP contribution is 2.23. The van der Waals surface area contributed by atoms with E-state index in [1.165, 1.54) is 16.5 Å². The third kappa shape index (κ3) is 4.95. The molecule has 3 aromatic rings. The summed E-state index contributed by atoms with van der Waals surface area (Å²) in [6, 6.07) is 12.0. The number of para-hydroxylation sites is 1. The molecule has 1 aromatic carbocycles. The van der Waals surface area contributed by atoms with Gasteiger partial charge in [0.15, 0.2) is 5.96 Å². The van der Waals surface area contributed by atoms with Gasteiger partial charge in [-0.25, -0.2) is 4.99 Å². The number of furan rings is 1. The number of guanidine groups is 1. The second-order valence-electron chi connectivity index (χ2n) is 7.27. The van der Waals surface area contributed by atoms with Gasteiger partial charge in [0.2, 0.25) is 0 Å². The van der Waals surface area contributed by atoms with Gasteiger partial charge < -0.3 is 25.1 Å². The van der Waals surface area contributed by atoms with Gasteiger partial charge >= 0.3 is 0 Å². The van der Waals surface area contributed by atoms with E-state index in [0.717, 1.165) is 31.7 Å². The molecule has 0 radical (unpaired) electrons. The topological polar surface area (TPSA) is 85.6 Å². The molecule has 28 heavy (non-hydrogen) atoms. The Morgan fingerprint density at radius 2 is 2.04 bits per heavy atom. The second kappa shape index (κ2) is 8.97. The first-order valence-corrected chi connectivity index (χ1v) is 9.86. The number of rotatable bonds is 8. The van der Waals surface area contributed by atoms with Crippen molar-refractivity contribution in [3.63, 3.8) is 0 Å². The van der Waals surface area contributed by atoms with Crippen LogP contribution in [0.3, 0.4) is 0 Å². The molecule has 0 saturated carbocycles. The first kappa shape index (κ1) is 20.0. The molecule has 0 aliphatic heterocycles. The monoisotopic (exact) mass is 382 g/mol. The van der Waals surface area contributed by atoms with Gasteiger partial charge in [-0.05, 0) is 57.4 Å². The highest BCUT2D eigenvalue weighted by molar-refractivity contribution is 5.83. The van der Waals surface area contributed by atoms with Crippen LogP contribution in [0, 0.1) is 6.92 Å². The largest absolute Gasteiger partial charge is 0.463 e. The number of aromatic amines is 1. The van der Waals surface area contributed by atoms with Gasteiger partial charge in [-0.3, -0.25) is 0 Å². The summed E-state index contributed by atoms with van der Waals surface area (Å²) in [5.74, 6) is 2.01. The zero-order valence-electron chi connectivity index (χ0n) is 16.9. The number of H-pyrrole nitrogens is 1. The number of benzene rings is 1. The summed E-state index contributed by atoms with van der Waals surface area (Å²) in [5, 5.41) is 18.5. The fourth-order valence-electron chi connectivity index (χ4n) is 3.20. The average molecular weight is 383 g/mol. The highest BCUT2D eigenvalue weighted by atomic mass is 16.4. The number of nitrogens with one attached hydrogen (secondary N) is 3. The third-order valence-electron chi connectivity index (χ3n) is 4.75. The molecule has 0 amide bonds. The summed E-state index contributed by atoms with van der Waals surface area (Å²) in [7, 11) is 0. The Morgan fingerprint density at radius 3 is 2.79 bits per heavy atom. The number of aliphatic imine (C=N–C) groups is 1. The average Bonchev–Trinajstić information content (AvgIpc) is 3.30. The smallest absolute Gasteiger partial charge is 0.191 e. The minimum atomic E-state index is -1.14. The molecular weight excluding hydrogens is 352 g/mol. The van der Waals surface area contributed by atoms with E-state index < -0.39 is 5.60 Å². The molecule has 1 atom stereocenters. The van der Waals surface area contributed by atoms with Crippen molar-refractivity contribution < 1.29 is 9.52 Å². The molecule has 2 aromatic heterocycles. The van der Waals surface area contributed by atoms with Crippen LogP contribution in [0.25, 0.3) is 10.9 Å². The number of aliphatic hydroxyl groups is 1. The molecule has 0 aliphatic rings. The van der Waals surface area contributed by atoms with Gasteiger partial charge in [-0.15, -0.1) is 0 Å². The lowest BCUT2D eigenvalue weighted by Gasteiger charge is -2.19. The molecule has 3 rings (SSSR count). The molecular formula is C22H30N4O2. The number of hydrogen-bond acceptors (Lipinski definition) is 3. The van der Waals surface area contributed by atoms with Crippen LogP contribution in [0.15, 0.2) is 52.0 Å². The standard InChI is InChI=1S/C22H30N4O2/c1-4-23-21(26-15-22(3,27)20-12-11-16(2)28-20)24-13-7-8-17-14-25-19-10-6-5-9-18(17)19/h5-6,9-12,14,25,27H,4,7-8,13,15H2,1-3H3,(H2,23,24,26). The van der Waals surface area contributed by atoms with Crippen molar-refractivity contribution in [2.24, 2.45) is 4.99 Å². The van der Waals surface area contributed by atoms with Crippen LogP contribution in [0.4, 0.5) is 0 Å². The molecule has 0 aliphatic carbocycles. The molecule has 0 bridgehead atoms. The van der Waals surface area contributed by atoms with E-state index in [0.29, 0.717) is 11.7 Å². The second-order valence-corrected chi connectivity index (χ2v) is 7.27. The molecule has 1 unspecified atom stereocenters. The summed E-state index contributed by atoms with van der Waals surface area (Å²) in [6.07, 6.45) is 4.06. The van der Waals surface area contributed by atoms with Crippen molar-refractivity contribution in [1.82, 2.24) is 15.6 Å². The Bertz CT molecular complexity index is 923. The van der Waals surface area contributed by atoms with Crippen molar-refractivity contribution in [2.75, 3.05) is 19.6 Å². The lowest BCUT2D eigenvalue weighted by Crippen LogP contribution is -2.39. The lowest BCUT2D eigenvalue weighted by molar-refractivity contribution is 0.0428. The lowest BCUT2D eigenvalue weighted by atomic mass is 10.0. The van der Waals surface area contributed by atoms with Crippen LogP contribution in [0.5, 0.6) is 0 Å². The van der Waals surface area contributed by atoms with Crippen LogP contribution in [0.1, 0.15) is 37.4 Å². The summed E-state index contributed by atoms with van der Waals surface area (Å²) in [6.45, 7) is 7.38. The fourth-order valence-corrected chi connectivity index (χ4v) is 3.20. The Kier molecular flexibility index (Phi) is 6.41. The first-order valence-electron chi connectivity index (χ1n) is 9.86. The van der Waals surface area contributed by atoms with Crippen molar-refractivity contribution in [2.45, 2.75) is 39.2 Å². The molecule has 6 heteroatoms. The van der Waals surface area contributed by atoms with Crippen LogP contribution in [-0.4, -0.2) is 35.7 Å². The Labute approximate surface area is 166 Å². The number of aromatic nitrogens is 1. The van der Waals surface area contributed by atoms with E-state index in [9.17, 15) is 5.11 Å². The van der Waals surface area contributed by atoms with Gasteiger partial charge in [0.05, 0.1) is 6.54 Å². The zero-order valence-corrected chi connectivity index (χ0v) is 16.9. The summed E-state index contributed by atoms with van der Waals surface area (Å²) in [5.41, 5.74) is 1.37. The predicted molar refractivity (Wildman–Crippen MR) is 114 cm³/mol. The molecule has 0 saturated heterocycles. The van der Waals surface area contributed by atoms with Gasteiger partial charge in [0.1, 0.15) is 17.1 Å². The molecule has 4 N–H and O–H groups in total. The van der Waals surface area contributed by atoms with Gasteiger partial charge in [0.25, 0.3) is 0 Å². The van der Waals surface area contributed by atoms with Gasteiger partial charge in [-0.1, -0.05) is 18.2 Å². The van der Waals surface area contributed by atoms with Gasteiger partial charge in [0, 0.05) is 30.2 Å². The van der Waals surface area contributed by atoms with Crippen LogP contribution in [0.2, 0.25) is 0 Å². The van der Waals surface area contributed by atoms with E-state index in [1.807, 2.05) is 26.0 Å². The first-order chi connectivity index (χ1) is 13.5. The Morgan fingerprint density at radius 1 is 1.21 bits per heavy atom. The van der Waals surface area contributed by atoms with Crippen LogP contribution >= 0.6 is 0 Å². The SMILES string of the molecule is CCNC(=NCC(C)(O)c1ccc(C)o1)NCCCc1c[nH]c2ccccc12. The van der Waals surface area contributed by atoms with E-state index in [-0.39, 0.29) is 6.54 Å². The number of hydrogen-bond donors (Lipinski definition) is 4. The Balaban J connectivity index is 1.53. The molecule has 150 valence electrons. The minimum absolute atomic E-state index is 0.220. The molecule has 2 heterocycles. The predicted octanol–water partition coefficient (Wildman–Crippen LogP) is 3.46. The normalized spacial score (nSPS) is 14.2. The number of fused-ring (bicyclic) bond motifs is 1. The van der Waals surface area contributed by atoms with Crippen molar-refractivity contribution in [1.29, 1.82) is 0 Å². The van der Waals surface area contributed by atoms with Crippen molar-refractivity contribution in [3.8, 4) is 0 Å². The fraction of sp³-hybridized carbons (Fsp3) is 0.409. The quantitative estimate of drug-likeness (QED) is 0.273. The summed E-state index contributed by atoms with van der Waals surface area (Å²) < 4.78 is 5.55. The maximum Gasteiger partial charge on any atom is 0.191 e. The minimum Gasteiger partial charge on any atom is -0.463 e. The Hall–Kier alpha value is -2.73. The van der Waals surface area contributed by atoms with Crippen molar-refractivity contribution in [3.05, 3.63) is 59.7 Å². The molecule has 6 nitrogen and oxygen atoms in total. The van der Waals surface area contributed by atoms with E-state index >= 15 is 0 Å². The molecule has 0 spiro atoms. The van der Waals surface area contributed by atoms with Crippen molar-refractivity contribution >= 4 is 16.9 Å². The maximum absolute atomic E-state index is 10.7.